The SMILES string of the molecule is C=COC(=O)Cn1c(=O)n(CC(=O)OC=C)c(=O)n(CC(=O)OC=C)c1=O. The molecule has 0 radical (unpaired) electrons. The standard InChI is InChI=1S/C15H15N3O9/c1-4-25-10(19)7-16-13(22)17(8-11(20)26-5-2)15(24)18(14(16)23)9-12(21)27-6-3/h4-6H,1-3,7-9H2. The molecule has 0 aliphatic carbocycles. The zero-order chi connectivity index (χ0) is 20.6. The lowest BCUT2D eigenvalue weighted by molar-refractivity contribution is -0.139. The third-order valence-electron chi connectivity index (χ3n) is 2.89. The van der Waals surface area contributed by atoms with Crippen LogP contribution in [0, 0.1) is 0 Å². The summed E-state index contributed by atoms with van der Waals surface area (Å²) in [6, 6.07) is 0. The monoisotopic (exact) mass is 381 g/mol. The smallest absolute Gasteiger partial charge is 0.337 e. The molecule has 0 saturated heterocycles. The van der Waals surface area contributed by atoms with E-state index in [1.54, 1.807) is 0 Å². The van der Waals surface area contributed by atoms with Crippen LogP contribution in [0.15, 0.2) is 52.9 Å². The van der Waals surface area contributed by atoms with Gasteiger partial charge >= 0.3 is 35.0 Å². The van der Waals surface area contributed by atoms with Gasteiger partial charge in [-0.25, -0.2) is 42.5 Å². The van der Waals surface area contributed by atoms with E-state index >= 15 is 0 Å². The summed E-state index contributed by atoms with van der Waals surface area (Å²) in [5.74, 6) is -3.16. The first kappa shape index (κ1) is 21.1. The summed E-state index contributed by atoms with van der Waals surface area (Å²) in [5, 5.41) is 0. The molecule has 0 aliphatic heterocycles. The van der Waals surface area contributed by atoms with Crippen LogP contribution in [0.25, 0.3) is 0 Å². The predicted octanol–water partition coefficient (Wildman–Crippen LogP) is -1.77. The molecule has 1 rings (SSSR count). The minimum absolute atomic E-state index is 0.301. The molecule has 12 heteroatoms. The van der Waals surface area contributed by atoms with Gasteiger partial charge in [-0.3, -0.25) is 0 Å². The molecule has 0 N–H and O–H groups in total. The largest absolute Gasteiger partial charge is 0.434 e. The average Bonchev–Trinajstić information content (AvgIpc) is 2.60. The van der Waals surface area contributed by atoms with E-state index in [2.05, 4.69) is 33.9 Å². The molecule has 1 aromatic rings. The van der Waals surface area contributed by atoms with Crippen LogP contribution in [-0.2, 0) is 48.2 Å². The number of esters is 3. The molecule has 0 fully saturated rings. The molecular formula is C15H15N3O9. The van der Waals surface area contributed by atoms with Gasteiger partial charge in [0, 0.05) is 0 Å². The summed E-state index contributed by atoms with van der Waals surface area (Å²) < 4.78 is 14.2. The highest BCUT2D eigenvalue weighted by Crippen LogP contribution is 1.87. The Morgan fingerprint density at radius 3 is 1.04 bits per heavy atom. The number of carbonyl (C=O) groups is 3. The molecule has 1 aromatic heterocycles. The fourth-order valence-electron chi connectivity index (χ4n) is 1.87. The van der Waals surface area contributed by atoms with Crippen molar-refractivity contribution >= 4 is 17.9 Å². The zero-order valence-electron chi connectivity index (χ0n) is 14.0. The van der Waals surface area contributed by atoms with E-state index in [1.165, 1.54) is 0 Å². The molecule has 0 atom stereocenters. The van der Waals surface area contributed by atoms with E-state index in [1.807, 2.05) is 0 Å². The van der Waals surface area contributed by atoms with Crippen LogP contribution in [-0.4, -0.2) is 31.6 Å². The number of rotatable bonds is 9. The summed E-state index contributed by atoms with van der Waals surface area (Å²) in [4.78, 5) is 71.8. The van der Waals surface area contributed by atoms with Crippen LogP contribution in [0.1, 0.15) is 0 Å². The van der Waals surface area contributed by atoms with E-state index in [0.717, 1.165) is 18.8 Å². The molecule has 0 aromatic carbocycles. The summed E-state index contributed by atoms with van der Waals surface area (Å²) >= 11 is 0. The summed E-state index contributed by atoms with van der Waals surface area (Å²) in [6.07, 6.45) is 2.31. The van der Waals surface area contributed by atoms with Gasteiger partial charge in [0.25, 0.3) is 0 Å². The maximum Gasteiger partial charge on any atom is 0.337 e. The van der Waals surface area contributed by atoms with Crippen molar-refractivity contribution in [1.29, 1.82) is 0 Å². The Kier molecular flexibility index (Phi) is 7.42. The Morgan fingerprint density at radius 2 is 0.852 bits per heavy atom. The van der Waals surface area contributed by atoms with E-state index in [4.69, 9.17) is 0 Å². The summed E-state index contributed by atoms with van der Waals surface area (Å²) in [6.45, 7) is 6.72. The van der Waals surface area contributed by atoms with Crippen molar-refractivity contribution in [2.45, 2.75) is 19.6 Å². The number of aromatic nitrogens is 3. The fraction of sp³-hybridized carbons (Fsp3) is 0.200. The molecule has 0 amide bonds. The van der Waals surface area contributed by atoms with Crippen LogP contribution in [0.5, 0.6) is 0 Å². The maximum atomic E-state index is 12.4. The van der Waals surface area contributed by atoms with Crippen LogP contribution in [0.3, 0.4) is 0 Å². The quantitative estimate of drug-likeness (QED) is 0.276. The number of nitrogens with zero attached hydrogens (tertiary/aromatic N) is 3. The second-order valence-electron chi connectivity index (χ2n) is 4.58. The zero-order valence-corrected chi connectivity index (χ0v) is 14.0. The van der Waals surface area contributed by atoms with Crippen molar-refractivity contribution < 1.29 is 28.6 Å². The first-order valence-electron chi connectivity index (χ1n) is 7.12. The number of hydrogen-bond donors (Lipinski definition) is 0. The highest BCUT2D eigenvalue weighted by atomic mass is 16.5. The van der Waals surface area contributed by atoms with Crippen molar-refractivity contribution in [3.63, 3.8) is 0 Å². The number of hydrogen-bond acceptors (Lipinski definition) is 9. The van der Waals surface area contributed by atoms with Crippen molar-refractivity contribution in [3.05, 3.63) is 70.0 Å². The fourth-order valence-corrected chi connectivity index (χ4v) is 1.87. The molecule has 0 aliphatic rings. The molecule has 0 saturated carbocycles. The van der Waals surface area contributed by atoms with E-state index < -0.39 is 54.6 Å². The first-order valence-corrected chi connectivity index (χ1v) is 7.12. The van der Waals surface area contributed by atoms with Crippen molar-refractivity contribution in [2.75, 3.05) is 0 Å². The van der Waals surface area contributed by atoms with Gasteiger partial charge in [0.2, 0.25) is 0 Å². The van der Waals surface area contributed by atoms with Gasteiger partial charge < -0.3 is 14.2 Å². The number of carbonyl (C=O) groups excluding carboxylic acids is 3. The van der Waals surface area contributed by atoms with E-state index in [9.17, 15) is 28.8 Å². The minimum atomic E-state index is -1.29. The Labute approximate surface area is 150 Å². The second kappa shape index (κ2) is 9.50. The number of ether oxygens (including phenoxy) is 3. The van der Waals surface area contributed by atoms with Gasteiger partial charge in [-0.2, -0.15) is 0 Å². The Hall–Kier alpha value is -3.96. The molecule has 27 heavy (non-hydrogen) atoms. The molecular weight excluding hydrogens is 366 g/mol. The normalized spacial score (nSPS) is 9.78. The lowest BCUT2D eigenvalue weighted by Gasteiger charge is -2.12. The summed E-state index contributed by atoms with van der Waals surface area (Å²) in [7, 11) is 0. The molecule has 0 bridgehead atoms. The molecule has 0 spiro atoms. The minimum Gasteiger partial charge on any atom is -0.434 e. The maximum absolute atomic E-state index is 12.4. The average molecular weight is 381 g/mol. The van der Waals surface area contributed by atoms with Crippen LogP contribution >= 0.6 is 0 Å². The lowest BCUT2D eigenvalue weighted by atomic mass is 10.5. The van der Waals surface area contributed by atoms with Gasteiger partial charge in [0.15, 0.2) is 0 Å². The van der Waals surface area contributed by atoms with Crippen molar-refractivity contribution in [3.8, 4) is 0 Å². The van der Waals surface area contributed by atoms with Crippen LogP contribution in [0.4, 0.5) is 0 Å². The van der Waals surface area contributed by atoms with Gasteiger partial charge in [0.05, 0.1) is 18.8 Å². The molecule has 1 heterocycles. The highest BCUT2D eigenvalue weighted by Gasteiger charge is 2.21. The van der Waals surface area contributed by atoms with Gasteiger partial charge in [0.1, 0.15) is 19.6 Å². The Morgan fingerprint density at radius 1 is 0.630 bits per heavy atom. The highest BCUT2D eigenvalue weighted by molar-refractivity contribution is 5.71. The van der Waals surface area contributed by atoms with Gasteiger partial charge in [-0.05, 0) is 0 Å². The van der Waals surface area contributed by atoms with Crippen molar-refractivity contribution in [2.24, 2.45) is 0 Å². The lowest BCUT2D eigenvalue weighted by Crippen LogP contribution is -2.56. The van der Waals surface area contributed by atoms with E-state index in [-0.39, 0.29) is 0 Å². The Bertz CT molecular complexity index is 810. The van der Waals surface area contributed by atoms with Crippen molar-refractivity contribution in [1.82, 2.24) is 13.7 Å². The molecule has 144 valence electrons. The third-order valence-corrected chi connectivity index (χ3v) is 2.89. The molecule has 12 nitrogen and oxygen atoms in total. The Balaban J connectivity index is 3.59. The second-order valence-corrected chi connectivity index (χ2v) is 4.58. The van der Waals surface area contributed by atoms with E-state index in [0.29, 0.717) is 13.7 Å². The predicted molar refractivity (Wildman–Crippen MR) is 88.1 cm³/mol. The molecule has 0 unspecified atom stereocenters. The topological polar surface area (TPSA) is 145 Å². The first-order chi connectivity index (χ1) is 12.8. The third kappa shape index (κ3) is 5.26. The van der Waals surface area contributed by atoms with Crippen LogP contribution < -0.4 is 17.1 Å². The van der Waals surface area contributed by atoms with Gasteiger partial charge in [-0.15, -0.1) is 0 Å². The van der Waals surface area contributed by atoms with Gasteiger partial charge in [-0.1, -0.05) is 19.7 Å². The van der Waals surface area contributed by atoms with Crippen LogP contribution in [0.2, 0.25) is 0 Å². The summed E-state index contributed by atoms with van der Waals surface area (Å²) in [5.41, 5.74) is -3.87.